The third-order valence-electron chi connectivity index (χ3n) is 5.35. The lowest BCUT2D eigenvalue weighted by molar-refractivity contribution is -0.0351. The minimum Gasteiger partial charge on any atom is -0.451 e. The number of benzene rings is 1. The summed E-state index contributed by atoms with van der Waals surface area (Å²) in [5, 5.41) is 3.12. The van der Waals surface area contributed by atoms with E-state index in [0.29, 0.717) is 17.2 Å². The van der Waals surface area contributed by atoms with E-state index in [-0.39, 0.29) is 23.1 Å². The van der Waals surface area contributed by atoms with Gasteiger partial charge in [0.25, 0.3) is 5.91 Å². The molecule has 3 fully saturated rings. The van der Waals surface area contributed by atoms with Gasteiger partial charge in [0.15, 0.2) is 5.76 Å². The van der Waals surface area contributed by atoms with E-state index in [9.17, 15) is 9.18 Å². The van der Waals surface area contributed by atoms with Crippen molar-refractivity contribution in [3.8, 4) is 11.3 Å². The Bertz CT molecular complexity index is 764. The minimum atomic E-state index is -0.360. The van der Waals surface area contributed by atoms with Gasteiger partial charge in [0.2, 0.25) is 0 Å². The molecule has 1 N–H and O–H groups in total. The van der Waals surface area contributed by atoms with Crippen LogP contribution in [0.15, 0.2) is 40.8 Å². The molecule has 1 aromatic heterocycles. The van der Waals surface area contributed by atoms with Crippen LogP contribution < -0.4 is 5.32 Å². The summed E-state index contributed by atoms with van der Waals surface area (Å²) in [5.74, 6) is 0.672. The SMILES string of the molecule is C[C@@]1(NC(=O)c2ccc(-c3ccccc3F)o2)CC2CCN1CC2. The van der Waals surface area contributed by atoms with Crippen LogP contribution in [-0.4, -0.2) is 29.6 Å². The van der Waals surface area contributed by atoms with Crippen LogP contribution in [0, 0.1) is 11.7 Å². The fourth-order valence-corrected chi connectivity index (χ4v) is 4.02. The number of hydrogen-bond donors (Lipinski definition) is 1. The monoisotopic (exact) mass is 328 g/mol. The van der Waals surface area contributed by atoms with Gasteiger partial charge >= 0.3 is 0 Å². The van der Waals surface area contributed by atoms with Crippen LogP contribution in [0.5, 0.6) is 0 Å². The van der Waals surface area contributed by atoms with E-state index in [1.165, 1.54) is 18.9 Å². The van der Waals surface area contributed by atoms with E-state index < -0.39 is 0 Å². The lowest BCUT2D eigenvalue weighted by Gasteiger charge is -2.52. The Hall–Kier alpha value is -2.14. The molecular formula is C19H21FN2O2. The zero-order valence-electron chi connectivity index (χ0n) is 13.7. The maximum atomic E-state index is 13.9. The summed E-state index contributed by atoms with van der Waals surface area (Å²) in [5.41, 5.74) is 0.0478. The molecule has 0 spiro atoms. The quantitative estimate of drug-likeness (QED) is 0.935. The second kappa shape index (κ2) is 5.74. The molecule has 126 valence electrons. The van der Waals surface area contributed by atoms with Crippen molar-refractivity contribution < 1.29 is 13.6 Å². The lowest BCUT2D eigenvalue weighted by atomic mass is 9.80. The topological polar surface area (TPSA) is 45.5 Å². The fraction of sp³-hybridized carbons (Fsp3) is 0.421. The number of carbonyl (C=O) groups is 1. The number of carbonyl (C=O) groups excluding carboxylic acids is 1. The predicted molar refractivity (Wildman–Crippen MR) is 88.9 cm³/mol. The first kappa shape index (κ1) is 15.4. The number of nitrogens with zero attached hydrogens (tertiary/aromatic N) is 1. The summed E-state index contributed by atoms with van der Waals surface area (Å²) in [6.45, 7) is 4.14. The molecule has 0 unspecified atom stereocenters. The van der Waals surface area contributed by atoms with E-state index in [0.717, 1.165) is 19.5 Å². The van der Waals surface area contributed by atoms with Crippen LogP contribution in [0.3, 0.4) is 0 Å². The molecule has 2 bridgehead atoms. The Morgan fingerprint density at radius 3 is 2.67 bits per heavy atom. The van der Waals surface area contributed by atoms with Crippen molar-refractivity contribution in [3.05, 3.63) is 48.0 Å². The average Bonchev–Trinajstić information content (AvgIpc) is 3.05. The number of amides is 1. The van der Waals surface area contributed by atoms with Gasteiger partial charge in [-0.15, -0.1) is 0 Å². The molecule has 1 amide bonds. The fourth-order valence-electron chi connectivity index (χ4n) is 4.02. The Balaban J connectivity index is 1.53. The smallest absolute Gasteiger partial charge is 0.288 e. The highest BCUT2D eigenvalue weighted by molar-refractivity contribution is 5.92. The third-order valence-corrected chi connectivity index (χ3v) is 5.35. The molecule has 3 aliphatic rings. The Labute approximate surface area is 140 Å². The molecule has 4 nitrogen and oxygen atoms in total. The summed E-state index contributed by atoms with van der Waals surface area (Å²) < 4.78 is 19.5. The van der Waals surface area contributed by atoms with Crippen molar-refractivity contribution in [2.75, 3.05) is 13.1 Å². The molecule has 0 saturated carbocycles. The van der Waals surface area contributed by atoms with Gasteiger partial charge in [0, 0.05) is 13.1 Å². The second-order valence-corrected chi connectivity index (χ2v) is 7.01. The summed E-state index contributed by atoms with van der Waals surface area (Å²) in [4.78, 5) is 14.9. The van der Waals surface area contributed by atoms with Gasteiger partial charge in [-0.3, -0.25) is 9.69 Å². The average molecular weight is 328 g/mol. The number of halogens is 1. The van der Waals surface area contributed by atoms with Gasteiger partial charge in [-0.05, 0) is 56.4 Å². The van der Waals surface area contributed by atoms with Crippen LogP contribution in [0.1, 0.15) is 36.7 Å². The summed E-state index contributed by atoms with van der Waals surface area (Å²) >= 11 is 0. The predicted octanol–water partition coefficient (Wildman–Crippen LogP) is 3.65. The molecule has 3 saturated heterocycles. The van der Waals surface area contributed by atoms with E-state index in [1.54, 1.807) is 30.3 Å². The first-order valence-electron chi connectivity index (χ1n) is 8.47. The number of piperidine rings is 3. The van der Waals surface area contributed by atoms with Crippen LogP contribution in [0.25, 0.3) is 11.3 Å². The summed E-state index contributed by atoms with van der Waals surface area (Å²) in [6, 6.07) is 9.64. The van der Waals surface area contributed by atoms with E-state index in [1.807, 2.05) is 0 Å². The number of rotatable bonds is 3. The highest BCUT2D eigenvalue weighted by atomic mass is 19.1. The number of nitrogens with one attached hydrogen (secondary N) is 1. The summed E-state index contributed by atoms with van der Waals surface area (Å²) in [6.07, 6.45) is 3.40. The van der Waals surface area contributed by atoms with Gasteiger partial charge < -0.3 is 9.73 Å². The van der Waals surface area contributed by atoms with Crippen LogP contribution >= 0.6 is 0 Å². The van der Waals surface area contributed by atoms with Crippen LogP contribution in [-0.2, 0) is 0 Å². The zero-order chi connectivity index (χ0) is 16.7. The molecule has 1 aromatic carbocycles. The number of fused-ring (bicyclic) bond motifs is 3. The normalized spacial score (nSPS) is 28.8. The number of furan rings is 1. The van der Waals surface area contributed by atoms with Crippen molar-refractivity contribution in [1.82, 2.24) is 10.2 Å². The van der Waals surface area contributed by atoms with Crippen molar-refractivity contribution in [2.45, 2.75) is 31.8 Å². The second-order valence-electron chi connectivity index (χ2n) is 7.01. The molecule has 4 heterocycles. The Morgan fingerprint density at radius 1 is 1.25 bits per heavy atom. The molecular weight excluding hydrogens is 307 g/mol. The van der Waals surface area contributed by atoms with Gasteiger partial charge in [-0.1, -0.05) is 12.1 Å². The molecule has 3 aliphatic heterocycles. The maximum absolute atomic E-state index is 13.9. The van der Waals surface area contributed by atoms with Crippen molar-refractivity contribution in [1.29, 1.82) is 0 Å². The van der Waals surface area contributed by atoms with E-state index in [4.69, 9.17) is 4.42 Å². The first-order chi connectivity index (χ1) is 11.5. The van der Waals surface area contributed by atoms with Crippen molar-refractivity contribution >= 4 is 5.91 Å². The zero-order valence-corrected chi connectivity index (χ0v) is 13.7. The molecule has 5 heteroatoms. The van der Waals surface area contributed by atoms with Crippen molar-refractivity contribution in [2.24, 2.45) is 5.92 Å². The number of hydrogen-bond acceptors (Lipinski definition) is 3. The molecule has 2 aromatic rings. The van der Waals surface area contributed by atoms with Crippen LogP contribution in [0.4, 0.5) is 4.39 Å². The highest BCUT2D eigenvalue weighted by Gasteiger charge is 2.43. The first-order valence-corrected chi connectivity index (χ1v) is 8.47. The van der Waals surface area contributed by atoms with Gasteiger partial charge in [-0.2, -0.15) is 0 Å². The maximum Gasteiger partial charge on any atom is 0.288 e. The minimum absolute atomic E-state index is 0.220. The molecule has 0 aliphatic carbocycles. The Morgan fingerprint density at radius 2 is 2.00 bits per heavy atom. The molecule has 0 radical (unpaired) electrons. The highest BCUT2D eigenvalue weighted by Crippen LogP contribution is 2.37. The van der Waals surface area contributed by atoms with E-state index in [2.05, 4.69) is 17.1 Å². The molecule has 5 rings (SSSR count). The van der Waals surface area contributed by atoms with Crippen LogP contribution in [0.2, 0.25) is 0 Å². The van der Waals surface area contributed by atoms with Gasteiger partial charge in [0.05, 0.1) is 11.2 Å². The molecule has 1 atom stereocenters. The summed E-state index contributed by atoms with van der Waals surface area (Å²) in [7, 11) is 0. The Kier molecular flexibility index (Phi) is 3.68. The standard InChI is InChI=1S/C19H21FN2O2/c1-19(12-13-8-10-22(19)11-9-13)21-18(23)17-7-6-16(24-17)14-4-2-3-5-15(14)20/h2-7,13H,8-12H2,1H3,(H,21,23)/t19-/m0/s1. The molecule has 24 heavy (non-hydrogen) atoms. The van der Waals surface area contributed by atoms with Crippen molar-refractivity contribution in [3.63, 3.8) is 0 Å². The third kappa shape index (κ3) is 2.63. The van der Waals surface area contributed by atoms with Gasteiger partial charge in [-0.25, -0.2) is 4.39 Å². The van der Waals surface area contributed by atoms with E-state index >= 15 is 0 Å². The van der Waals surface area contributed by atoms with Gasteiger partial charge in [0.1, 0.15) is 11.6 Å². The largest absolute Gasteiger partial charge is 0.451 e. The lowest BCUT2D eigenvalue weighted by Crippen LogP contribution is -2.65.